The molecule has 0 aromatic carbocycles. The van der Waals surface area contributed by atoms with Crippen LogP contribution in [0, 0.1) is 27.7 Å². The minimum absolute atomic E-state index is 0.156. The lowest BCUT2D eigenvalue weighted by Gasteiger charge is -2.31. The van der Waals surface area contributed by atoms with Gasteiger partial charge in [-0.3, -0.25) is 9.78 Å². The highest BCUT2D eigenvalue weighted by molar-refractivity contribution is 5.62. The number of rotatable bonds is 2. The van der Waals surface area contributed by atoms with Gasteiger partial charge in [0.05, 0.1) is 0 Å². The molecular weight excluding hydrogens is 378 g/mol. The number of fused-ring (bicyclic) bond motifs is 2. The fraction of sp³-hybridized carbons (Fsp3) is 0.304. The second-order valence-electron chi connectivity index (χ2n) is 7.96. The second-order valence-corrected chi connectivity index (χ2v) is 7.96. The Kier molecular flexibility index (Phi) is 4.20. The summed E-state index contributed by atoms with van der Waals surface area (Å²) in [6.07, 6.45) is 2.70. The van der Waals surface area contributed by atoms with Crippen molar-refractivity contribution in [3.8, 4) is 11.3 Å². The van der Waals surface area contributed by atoms with Gasteiger partial charge in [0.15, 0.2) is 11.5 Å². The van der Waals surface area contributed by atoms with Crippen molar-refractivity contribution in [1.82, 2.24) is 19.6 Å². The zero-order valence-corrected chi connectivity index (χ0v) is 17.6. The van der Waals surface area contributed by atoms with Gasteiger partial charge in [0.1, 0.15) is 11.5 Å². The summed E-state index contributed by atoms with van der Waals surface area (Å²) in [4.78, 5) is 23.9. The maximum absolute atomic E-state index is 12.5. The highest BCUT2D eigenvalue weighted by Crippen LogP contribution is 2.30. The summed E-state index contributed by atoms with van der Waals surface area (Å²) in [5.41, 5.74) is 6.41. The molecule has 7 heteroatoms. The Morgan fingerprint density at radius 2 is 1.90 bits per heavy atom. The quantitative estimate of drug-likeness (QED) is 0.511. The van der Waals surface area contributed by atoms with Gasteiger partial charge < -0.3 is 9.32 Å². The highest BCUT2D eigenvalue weighted by atomic mass is 16.3. The molecule has 4 aromatic rings. The van der Waals surface area contributed by atoms with Crippen LogP contribution in [0.1, 0.15) is 33.8 Å². The van der Waals surface area contributed by atoms with Gasteiger partial charge in [-0.05, 0) is 51.5 Å². The van der Waals surface area contributed by atoms with Crippen molar-refractivity contribution in [2.24, 2.45) is 0 Å². The molecule has 0 bridgehead atoms. The fourth-order valence-corrected chi connectivity index (χ4v) is 4.07. The molecule has 0 spiro atoms. The minimum Gasteiger partial charge on any atom is -0.461 e. The topological polar surface area (TPSA) is 76.5 Å². The Morgan fingerprint density at radius 3 is 2.67 bits per heavy atom. The first-order chi connectivity index (χ1) is 14.4. The van der Waals surface area contributed by atoms with E-state index < -0.39 is 0 Å². The standard InChI is InChI=1S/C23H23N5O2/c1-13-9-21(29)28-22(25-13)15(3)16(4)23(26-28)27-8-7-19-18(12-27)10-17(11-24-19)20-6-5-14(2)30-20/h5-6,9-11H,7-8,12H2,1-4H3. The van der Waals surface area contributed by atoms with Crippen molar-refractivity contribution >= 4 is 11.5 Å². The number of nitrogens with zero attached hydrogens (tertiary/aromatic N) is 5. The van der Waals surface area contributed by atoms with Crippen LogP contribution in [-0.2, 0) is 13.0 Å². The molecule has 0 unspecified atom stereocenters. The van der Waals surface area contributed by atoms with E-state index in [0.717, 1.165) is 58.3 Å². The summed E-state index contributed by atoms with van der Waals surface area (Å²) < 4.78 is 7.18. The van der Waals surface area contributed by atoms with E-state index >= 15 is 0 Å². The molecule has 1 aliphatic heterocycles. The Hall–Kier alpha value is -3.48. The molecule has 0 N–H and O–H groups in total. The van der Waals surface area contributed by atoms with Crippen molar-refractivity contribution in [3.05, 3.63) is 74.7 Å². The summed E-state index contributed by atoms with van der Waals surface area (Å²) in [5, 5.41) is 4.69. The van der Waals surface area contributed by atoms with E-state index in [1.54, 1.807) is 0 Å². The summed E-state index contributed by atoms with van der Waals surface area (Å²) >= 11 is 0. The van der Waals surface area contributed by atoms with E-state index in [9.17, 15) is 4.79 Å². The van der Waals surface area contributed by atoms with Crippen molar-refractivity contribution < 1.29 is 4.42 Å². The predicted octanol–water partition coefficient (Wildman–Crippen LogP) is 3.54. The molecule has 0 saturated carbocycles. The molecule has 0 amide bonds. The number of pyridine rings is 1. The number of anilines is 1. The molecule has 5 heterocycles. The smallest absolute Gasteiger partial charge is 0.274 e. The van der Waals surface area contributed by atoms with Gasteiger partial charge in [0.25, 0.3) is 5.56 Å². The molecule has 4 aromatic heterocycles. The highest BCUT2D eigenvalue weighted by Gasteiger charge is 2.23. The van der Waals surface area contributed by atoms with Crippen LogP contribution < -0.4 is 10.5 Å². The summed E-state index contributed by atoms with van der Waals surface area (Å²) in [5.74, 6) is 2.52. The third-order valence-electron chi connectivity index (χ3n) is 5.82. The van der Waals surface area contributed by atoms with Crippen molar-refractivity contribution in [2.45, 2.75) is 40.7 Å². The first-order valence-corrected chi connectivity index (χ1v) is 10.1. The lowest BCUT2D eigenvalue weighted by atomic mass is 10.0. The van der Waals surface area contributed by atoms with Gasteiger partial charge >= 0.3 is 0 Å². The molecule has 30 heavy (non-hydrogen) atoms. The van der Waals surface area contributed by atoms with Crippen LogP contribution in [0.2, 0.25) is 0 Å². The minimum atomic E-state index is -0.156. The van der Waals surface area contributed by atoms with Gasteiger partial charge in [-0.25, -0.2) is 4.98 Å². The average molecular weight is 401 g/mol. The van der Waals surface area contributed by atoms with Gasteiger partial charge in [-0.15, -0.1) is 5.10 Å². The van der Waals surface area contributed by atoms with Crippen LogP contribution in [0.4, 0.5) is 5.82 Å². The Morgan fingerprint density at radius 1 is 1.07 bits per heavy atom. The molecule has 0 atom stereocenters. The Bertz CT molecular complexity index is 1350. The third-order valence-corrected chi connectivity index (χ3v) is 5.82. The van der Waals surface area contributed by atoms with Crippen LogP contribution in [0.5, 0.6) is 0 Å². The normalized spacial score (nSPS) is 13.7. The van der Waals surface area contributed by atoms with Crippen LogP contribution >= 0.6 is 0 Å². The molecule has 0 fully saturated rings. The van der Waals surface area contributed by atoms with Crippen LogP contribution in [0.25, 0.3) is 17.0 Å². The van der Waals surface area contributed by atoms with Gasteiger partial charge in [0.2, 0.25) is 0 Å². The largest absolute Gasteiger partial charge is 0.461 e. The van der Waals surface area contributed by atoms with Gasteiger partial charge in [-0.1, -0.05) is 0 Å². The first kappa shape index (κ1) is 18.5. The lowest BCUT2D eigenvalue weighted by molar-refractivity contribution is 0.548. The second kappa shape index (κ2) is 6.79. The molecule has 0 radical (unpaired) electrons. The SMILES string of the molecule is Cc1cc(=O)n2nc(N3CCc4ncc(-c5ccc(C)o5)cc4C3)c(C)c(C)c2n1. The molecule has 0 saturated heterocycles. The van der Waals surface area contributed by atoms with Crippen LogP contribution in [-0.4, -0.2) is 26.1 Å². The third kappa shape index (κ3) is 2.98. The monoisotopic (exact) mass is 401 g/mol. The van der Waals surface area contributed by atoms with Crippen molar-refractivity contribution in [3.63, 3.8) is 0 Å². The van der Waals surface area contributed by atoms with E-state index in [2.05, 4.69) is 26.0 Å². The van der Waals surface area contributed by atoms with E-state index in [4.69, 9.17) is 4.42 Å². The Labute approximate surface area is 174 Å². The Balaban J connectivity index is 1.57. The molecule has 1 aliphatic rings. The maximum Gasteiger partial charge on any atom is 0.274 e. The van der Waals surface area contributed by atoms with E-state index in [-0.39, 0.29) is 5.56 Å². The maximum atomic E-state index is 12.5. The first-order valence-electron chi connectivity index (χ1n) is 10.1. The number of hydrogen-bond donors (Lipinski definition) is 0. The summed E-state index contributed by atoms with van der Waals surface area (Å²) in [6.45, 7) is 9.29. The lowest BCUT2D eigenvalue weighted by Crippen LogP contribution is -2.34. The molecule has 5 rings (SSSR count). The van der Waals surface area contributed by atoms with E-state index in [0.29, 0.717) is 17.9 Å². The number of hydrogen-bond acceptors (Lipinski definition) is 6. The zero-order valence-electron chi connectivity index (χ0n) is 17.6. The molecule has 152 valence electrons. The molecular formula is C23H23N5O2. The molecule has 0 aliphatic carbocycles. The van der Waals surface area contributed by atoms with Crippen LogP contribution in [0.15, 0.2) is 39.7 Å². The number of aromatic nitrogens is 4. The molecule has 7 nitrogen and oxygen atoms in total. The van der Waals surface area contributed by atoms with E-state index in [1.165, 1.54) is 10.6 Å². The fourth-order valence-electron chi connectivity index (χ4n) is 4.07. The van der Waals surface area contributed by atoms with E-state index in [1.807, 2.05) is 46.0 Å². The number of furan rings is 1. The summed E-state index contributed by atoms with van der Waals surface area (Å²) in [6, 6.07) is 7.59. The van der Waals surface area contributed by atoms with Crippen LogP contribution in [0.3, 0.4) is 0 Å². The van der Waals surface area contributed by atoms with Crippen molar-refractivity contribution in [2.75, 3.05) is 11.4 Å². The summed E-state index contributed by atoms with van der Waals surface area (Å²) in [7, 11) is 0. The average Bonchev–Trinajstić information content (AvgIpc) is 3.16. The van der Waals surface area contributed by atoms with Crippen molar-refractivity contribution in [1.29, 1.82) is 0 Å². The number of aryl methyl sites for hydroxylation is 3. The van der Waals surface area contributed by atoms with Gasteiger partial charge in [0, 0.05) is 59.9 Å². The predicted molar refractivity (Wildman–Crippen MR) is 115 cm³/mol. The van der Waals surface area contributed by atoms with Gasteiger partial charge in [-0.2, -0.15) is 4.52 Å². The zero-order chi connectivity index (χ0) is 21.0.